The number of imidazole rings is 2. The van der Waals surface area contributed by atoms with Crippen molar-refractivity contribution < 1.29 is 0 Å². The van der Waals surface area contributed by atoms with Crippen molar-refractivity contribution in [1.29, 1.82) is 0 Å². The minimum atomic E-state index is 0.862. The fraction of sp³-hybridized carbons (Fsp3) is 0.167. The van der Waals surface area contributed by atoms with Gasteiger partial charge >= 0.3 is 0 Å². The zero-order valence-corrected chi connectivity index (χ0v) is 13.3. The van der Waals surface area contributed by atoms with E-state index in [4.69, 9.17) is 4.98 Å². The highest BCUT2D eigenvalue weighted by Crippen LogP contribution is 2.29. The topological polar surface area (TPSA) is 70.2 Å². The third kappa shape index (κ3) is 2.30. The number of fused-ring (bicyclic) bond motifs is 1. The van der Waals surface area contributed by atoms with E-state index < -0.39 is 0 Å². The lowest BCUT2D eigenvalue weighted by Gasteiger charge is -2.02. The zero-order valence-electron chi connectivity index (χ0n) is 13.3. The minimum absolute atomic E-state index is 0.862. The molecule has 4 rings (SSSR count). The standard InChI is InChI=1S/C18H17N5/c1-10-7-15-16(22-12(3)21-15)8-14(10)18-20-11(2)17(23-18)13-5-4-6-19-9-13/h4-9H,1-3H3,(H,20,23)(H,21,22). The highest BCUT2D eigenvalue weighted by molar-refractivity contribution is 5.83. The van der Waals surface area contributed by atoms with Crippen molar-refractivity contribution in [2.24, 2.45) is 0 Å². The van der Waals surface area contributed by atoms with Crippen LogP contribution in [0.2, 0.25) is 0 Å². The monoisotopic (exact) mass is 303 g/mol. The van der Waals surface area contributed by atoms with E-state index in [9.17, 15) is 0 Å². The van der Waals surface area contributed by atoms with Crippen LogP contribution in [0.3, 0.4) is 0 Å². The molecule has 0 bridgehead atoms. The van der Waals surface area contributed by atoms with Crippen molar-refractivity contribution in [3.63, 3.8) is 0 Å². The average molecular weight is 303 g/mol. The molecular formula is C18H17N5. The Bertz CT molecular complexity index is 995. The van der Waals surface area contributed by atoms with E-state index in [0.717, 1.165) is 50.8 Å². The number of H-pyrrole nitrogens is 2. The predicted molar refractivity (Wildman–Crippen MR) is 91.1 cm³/mol. The summed E-state index contributed by atoms with van der Waals surface area (Å²) in [5, 5.41) is 0. The molecule has 0 saturated heterocycles. The average Bonchev–Trinajstić information content (AvgIpc) is 3.09. The van der Waals surface area contributed by atoms with Gasteiger partial charge in [-0.15, -0.1) is 0 Å². The molecule has 2 N–H and O–H groups in total. The Morgan fingerprint density at radius 3 is 2.65 bits per heavy atom. The van der Waals surface area contributed by atoms with E-state index >= 15 is 0 Å². The number of benzene rings is 1. The van der Waals surface area contributed by atoms with Crippen LogP contribution < -0.4 is 0 Å². The van der Waals surface area contributed by atoms with E-state index in [1.54, 1.807) is 6.20 Å². The molecule has 0 amide bonds. The van der Waals surface area contributed by atoms with Crippen LogP contribution in [0, 0.1) is 20.8 Å². The number of hydrogen-bond donors (Lipinski definition) is 2. The maximum atomic E-state index is 4.79. The van der Waals surface area contributed by atoms with E-state index in [-0.39, 0.29) is 0 Å². The molecule has 0 aliphatic rings. The Labute approximate surface area is 133 Å². The summed E-state index contributed by atoms with van der Waals surface area (Å²) in [7, 11) is 0. The van der Waals surface area contributed by atoms with Gasteiger partial charge in [0.1, 0.15) is 11.6 Å². The molecule has 1 aromatic carbocycles. The van der Waals surface area contributed by atoms with Crippen molar-refractivity contribution >= 4 is 11.0 Å². The van der Waals surface area contributed by atoms with E-state index in [1.165, 1.54) is 0 Å². The molecule has 0 radical (unpaired) electrons. The summed E-state index contributed by atoms with van der Waals surface area (Å²) >= 11 is 0. The molecule has 114 valence electrons. The third-order valence-corrected chi connectivity index (χ3v) is 4.02. The van der Waals surface area contributed by atoms with Crippen molar-refractivity contribution in [1.82, 2.24) is 24.9 Å². The fourth-order valence-electron chi connectivity index (χ4n) is 2.92. The van der Waals surface area contributed by atoms with Gasteiger partial charge in [0.15, 0.2) is 0 Å². The van der Waals surface area contributed by atoms with E-state index in [2.05, 4.69) is 39.0 Å². The maximum Gasteiger partial charge on any atom is 0.138 e. The van der Waals surface area contributed by atoms with Gasteiger partial charge in [0.25, 0.3) is 0 Å². The van der Waals surface area contributed by atoms with Crippen molar-refractivity contribution in [3.8, 4) is 22.6 Å². The van der Waals surface area contributed by atoms with Gasteiger partial charge in [0, 0.05) is 29.2 Å². The molecule has 23 heavy (non-hydrogen) atoms. The van der Waals surface area contributed by atoms with Gasteiger partial charge in [-0.1, -0.05) is 0 Å². The summed E-state index contributed by atoms with van der Waals surface area (Å²) in [4.78, 5) is 20.2. The summed E-state index contributed by atoms with van der Waals surface area (Å²) in [5.41, 5.74) is 7.23. The minimum Gasteiger partial charge on any atom is -0.342 e. The molecule has 5 nitrogen and oxygen atoms in total. The maximum absolute atomic E-state index is 4.79. The normalized spacial score (nSPS) is 11.3. The van der Waals surface area contributed by atoms with E-state index in [1.807, 2.05) is 32.2 Å². The molecule has 5 heteroatoms. The number of aryl methyl sites for hydroxylation is 3. The van der Waals surface area contributed by atoms with Gasteiger partial charge < -0.3 is 9.97 Å². The first-order valence-electron chi connectivity index (χ1n) is 7.56. The van der Waals surface area contributed by atoms with Crippen LogP contribution in [0.15, 0.2) is 36.7 Å². The SMILES string of the molecule is Cc1nc2cc(-c3nc(-c4cccnc4)c(C)[nH]3)c(C)cc2[nH]1. The van der Waals surface area contributed by atoms with Crippen molar-refractivity contribution in [2.45, 2.75) is 20.8 Å². The molecule has 4 aromatic rings. The molecule has 0 spiro atoms. The first-order chi connectivity index (χ1) is 11.1. The second-order valence-electron chi connectivity index (χ2n) is 5.81. The Kier molecular flexibility index (Phi) is 3.01. The quantitative estimate of drug-likeness (QED) is 0.589. The lowest BCUT2D eigenvalue weighted by Crippen LogP contribution is -1.87. The van der Waals surface area contributed by atoms with Crippen LogP contribution >= 0.6 is 0 Å². The summed E-state index contributed by atoms with van der Waals surface area (Å²) in [5.74, 6) is 1.78. The van der Waals surface area contributed by atoms with Crippen LogP contribution in [0.25, 0.3) is 33.7 Å². The molecule has 0 saturated carbocycles. The van der Waals surface area contributed by atoms with Gasteiger partial charge in [0.05, 0.1) is 16.7 Å². The molecular weight excluding hydrogens is 286 g/mol. The predicted octanol–water partition coefficient (Wildman–Crippen LogP) is 3.94. The summed E-state index contributed by atoms with van der Waals surface area (Å²) in [6, 6.07) is 8.14. The van der Waals surface area contributed by atoms with Crippen LogP contribution in [-0.4, -0.2) is 24.9 Å². The van der Waals surface area contributed by atoms with Crippen LogP contribution in [0.1, 0.15) is 17.1 Å². The number of nitrogens with one attached hydrogen (secondary N) is 2. The Hall–Kier alpha value is -2.95. The number of aromatic amines is 2. The second-order valence-corrected chi connectivity index (χ2v) is 5.81. The molecule has 0 unspecified atom stereocenters. The molecule has 0 aliphatic heterocycles. The highest BCUT2D eigenvalue weighted by atomic mass is 14.9. The van der Waals surface area contributed by atoms with Crippen LogP contribution in [0.5, 0.6) is 0 Å². The molecule has 0 fully saturated rings. The van der Waals surface area contributed by atoms with Crippen LogP contribution in [0.4, 0.5) is 0 Å². The van der Waals surface area contributed by atoms with Gasteiger partial charge in [-0.3, -0.25) is 4.98 Å². The first-order valence-corrected chi connectivity index (χ1v) is 7.56. The Morgan fingerprint density at radius 1 is 1.00 bits per heavy atom. The number of hydrogen-bond acceptors (Lipinski definition) is 3. The Balaban J connectivity index is 1.87. The lowest BCUT2D eigenvalue weighted by molar-refractivity contribution is 1.17. The van der Waals surface area contributed by atoms with Gasteiger partial charge in [-0.05, 0) is 50.6 Å². The fourth-order valence-corrected chi connectivity index (χ4v) is 2.92. The number of rotatable bonds is 2. The number of pyridine rings is 1. The summed E-state index contributed by atoms with van der Waals surface area (Å²) in [6.07, 6.45) is 3.60. The van der Waals surface area contributed by atoms with Gasteiger partial charge in [-0.2, -0.15) is 0 Å². The number of aromatic nitrogens is 5. The van der Waals surface area contributed by atoms with Gasteiger partial charge in [-0.25, -0.2) is 9.97 Å². The van der Waals surface area contributed by atoms with Gasteiger partial charge in [0.2, 0.25) is 0 Å². The molecule has 0 aliphatic carbocycles. The molecule has 3 heterocycles. The van der Waals surface area contributed by atoms with Crippen LogP contribution in [-0.2, 0) is 0 Å². The Morgan fingerprint density at radius 2 is 1.87 bits per heavy atom. The lowest BCUT2D eigenvalue weighted by atomic mass is 10.1. The zero-order chi connectivity index (χ0) is 16.0. The largest absolute Gasteiger partial charge is 0.342 e. The van der Waals surface area contributed by atoms with Crippen molar-refractivity contribution in [2.75, 3.05) is 0 Å². The summed E-state index contributed by atoms with van der Waals surface area (Å²) in [6.45, 7) is 6.09. The first kappa shape index (κ1) is 13.7. The number of nitrogens with zero attached hydrogens (tertiary/aromatic N) is 3. The third-order valence-electron chi connectivity index (χ3n) is 4.02. The highest BCUT2D eigenvalue weighted by Gasteiger charge is 2.14. The smallest absolute Gasteiger partial charge is 0.138 e. The van der Waals surface area contributed by atoms with E-state index in [0.29, 0.717) is 0 Å². The molecule has 3 aromatic heterocycles. The summed E-state index contributed by atoms with van der Waals surface area (Å²) < 4.78 is 0. The second kappa shape index (κ2) is 5.05. The molecule has 0 atom stereocenters. The van der Waals surface area contributed by atoms with Crippen molar-refractivity contribution in [3.05, 3.63) is 53.7 Å².